The Morgan fingerprint density at radius 1 is 1.15 bits per heavy atom. The third-order valence-corrected chi connectivity index (χ3v) is 6.20. The van der Waals surface area contributed by atoms with E-state index in [0.29, 0.717) is 11.6 Å². The summed E-state index contributed by atoms with van der Waals surface area (Å²) in [7, 11) is 0. The third-order valence-electron chi connectivity index (χ3n) is 6.20. The number of benzene rings is 1. The molecule has 9 nitrogen and oxygen atoms in total. The van der Waals surface area contributed by atoms with Crippen molar-refractivity contribution in [2.75, 3.05) is 17.7 Å². The number of carbonyl (C=O) groups is 1. The van der Waals surface area contributed by atoms with Crippen molar-refractivity contribution in [3.63, 3.8) is 0 Å². The Labute approximate surface area is 229 Å². The Balaban J connectivity index is 1.87. The molecule has 0 saturated heterocycles. The van der Waals surface area contributed by atoms with Gasteiger partial charge in [0.25, 0.3) is 11.8 Å². The second-order valence-corrected chi connectivity index (χ2v) is 9.03. The van der Waals surface area contributed by atoms with Gasteiger partial charge in [0.05, 0.1) is 24.5 Å². The van der Waals surface area contributed by atoms with Crippen LogP contribution in [-0.4, -0.2) is 40.0 Å². The van der Waals surface area contributed by atoms with Gasteiger partial charge in [-0.1, -0.05) is 42.5 Å². The van der Waals surface area contributed by atoms with Gasteiger partial charge in [-0.3, -0.25) is 0 Å². The zero-order valence-electron chi connectivity index (χ0n) is 21.6. The number of nitrogens with zero attached hydrogens (tertiary/aromatic N) is 3. The number of nitrogen functional groups attached to an aromatic ring is 1. The molecule has 1 aliphatic heterocycles. The number of carbonyl (C=O) groups excluding carboxylic acids is 1. The molecule has 15 heteroatoms. The molecule has 3 N–H and O–H groups in total. The molecule has 220 valence electrons. The van der Waals surface area contributed by atoms with Gasteiger partial charge in [-0.05, 0) is 37.8 Å². The van der Waals surface area contributed by atoms with E-state index < -0.39 is 77.5 Å². The summed E-state index contributed by atoms with van der Waals surface area (Å²) in [5, 5.41) is 9.63. The highest BCUT2D eigenvalue weighted by Crippen LogP contribution is 2.47. The summed E-state index contributed by atoms with van der Waals surface area (Å²) in [5.41, 5.74) is 0.733. The molecule has 0 saturated carbocycles. The lowest BCUT2D eigenvalue weighted by atomic mass is 9.95. The van der Waals surface area contributed by atoms with Gasteiger partial charge in [0.15, 0.2) is 5.69 Å². The zero-order valence-corrected chi connectivity index (χ0v) is 21.6. The monoisotopic (exact) mass is 585 g/mol. The highest BCUT2D eigenvalue weighted by Gasteiger charge is 2.61. The summed E-state index contributed by atoms with van der Waals surface area (Å²) >= 11 is 0. The lowest BCUT2D eigenvalue weighted by Crippen LogP contribution is -2.45. The molecule has 2 aromatic heterocycles. The molecule has 0 aliphatic carbocycles. The summed E-state index contributed by atoms with van der Waals surface area (Å²) in [6.07, 6.45) is -8.48. The molecule has 0 amide bonds. The zero-order chi connectivity index (χ0) is 29.8. The van der Waals surface area contributed by atoms with Crippen LogP contribution >= 0.6 is 0 Å². The number of fused-ring (bicyclic) bond motifs is 5. The van der Waals surface area contributed by atoms with Crippen LogP contribution in [0.1, 0.15) is 43.2 Å². The molecule has 41 heavy (non-hydrogen) atoms. The van der Waals surface area contributed by atoms with Gasteiger partial charge in [-0.15, -0.1) is 10.2 Å². The van der Waals surface area contributed by atoms with Gasteiger partial charge in [0, 0.05) is 0 Å². The highest BCUT2D eigenvalue weighted by atomic mass is 19.4. The van der Waals surface area contributed by atoms with Crippen molar-refractivity contribution in [2.45, 2.75) is 56.8 Å². The van der Waals surface area contributed by atoms with E-state index in [-0.39, 0.29) is 19.4 Å². The topological polar surface area (TPSA) is 125 Å². The number of nitrogens with one attached hydrogen (secondary N) is 1. The maximum atomic E-state index is 14.8. The number of alkyl halides is 6. The number of pyridine rings is 1. The molecule has 1 aromatic carbocycles. The Morgan fingerprint density at radius 2 is 1.88 bits per heavy atom. The molecule has 1 aliphatic rings. The number of anilines is 2. The molecule has 0 radical (unpaired) electrons. The van der Waals surface area contributed by atoms with Crippen molar-refractivity contribution in [3.05, 3.63) is 65.6 Å². The van der Waals surface area contributed by atoms with Gasteiger partial charge >= 0.3 is 18.3 Å². The van der Waals surface area contributed by atoms with E-state index in [2.05, 4.69) is 20.5 Å². The first-order valence-electron chi connectivity index (χ1n) is 12.4. The molecule has 4 bridgehead atoms. The molecule has 4 rings (SSSR count). The van der Waals surface area contributed by atoms with E-state index in [0.717, 1.165) is 0 Å². The Bertz CT molecular complexity index is 1390. The van der Waals surface area contributed by atoms with Gasteiger partial charge in [0.1, 0.15) is 11.9 Å². The van der Waals surface area contributed by atoms with Crippen LogP contribution in [0.5, 0.6) is 0 Å². The molecule has 3 heterocycles. The number of allylic oxidation sites excluding steroid dienone is 1. The Morgan fingerprint density at radius 3 is 2.54 bits per heavy atom. The first-order chi connectivity index (χ1) is 19.4. The molecular weight excluding hydrogens is 560 g/mol. The summed E-state index contributed by atoms with van der Waals surface area (Å²) in [4.78, 5) is 16.4. The highest BCUT2D eigenvalue weighted by molar-refractivity contribution is 5.80. The first-order valence-corrected chi connectivity index (χ1v) is 12.4. The number of rotatable bonds is 5. The largest absolute Gasteiger partial charge is 0.464 e. The summed E-state index contributed by atoms with van der Waals surface area (Å²) in [6.45, 7) is 0.975. The lowest BCUT2D eigenvalue weighted by molar-refractivity contribution is -0.299. The van der Waals surface area contributed by atoms with Crippen LogP contribution in [-0.2, 0) is 32.7 Å². The molecular formula is C26H25F6N5O4. The molecule has 0 fully saturated rings. The average molecular weight is 586 g/mol. The van der Waals surface area contributed by atoms with Crippen LogP contribution in [0.25, 0.3) is 11.6 Å². The summed E-state index contributed by atoms with van der Waals surface area (Å²) < 4.78 is 102. The van der Waals surface area contributed by atoms with E-state index in [1.54, 1.807) is 30.3 Å². The molecule has 2 unspecified atom stereocenters. The van der Waals surface area contributed by atoms with Crippen LogP contribution in [0.3, 0.4) is 0 Å². The first kappa shape index (κ1) is 29.8. The average Bonchev–Trinajstić information content (AvgIpc) is 3.39. The van der Waals surface area contributed by atoms with Gasteiger partial charge in [0.2, 0.25) is 5.60 Å². The standard InChI is InChI=1S/C26H25F6N5O4/c1-2-39-22(38)18-11-7-4-8-12-24(26(30,31)32,40-14-15-9-5-3-6-10-15)23-37-36-21(41-23)19-17(33)13-16(25(27,28)29)20(34-18)35-19/h3-7,9-10,13,18H,2,8,11-12,14,33H2,1H3,(H,34,35)/b7-4-. The molecule has 3 aromatic rings. The summed E-state index contributed by atoms with van der Waals surface area (Å²) in [5.74, 6) is -3.37. The fourth-order valence-corrected chi connectivity index (χ4v) is 4.13. The van der Waals surface area contributed by atoms with E-state index in [1.807, 2.05) is 0 Å². The Hall–Kier alpha value is -4.14. The lowest BCUT2D eigenvalue weighted by Gasteiger charge is -2.32. The quantitative estimate of drug-likeness (QED) is 0.217. The second-order valence-electron chi connectivity index (χ2n) is 9.03. The predicted octanol–water partition coefficient (Wildman–Crippen LogP) is 5.79. The number of ether oxygens (including phenoxy) is 2. The van der Waals surface area contributed by atoms with Crippen LogP contribution in [0.15, 0.2) is 53.0 Å². The van der Waals surface area contributed by atoms with Gasteiger partial charge in [-0.2, -0.15) is 26.3 Å². The maximum absolute atomic E-state index is 14.8. The number of hydrogen-bond donors (Lipinski definition) is 2. The number of esters is 1. The van der Waals surface area contributed by atoms with E-state index in [4.69, 9.17) is 19.6 Å². The van der Waals surface area contributed by atoms with Crippen LogP contribution in [0.2, 0.25) is 0 Å². The number of aromatic nitrogens is 3. The van der Waals surface area contributed by atoms with Crippen LogP contribution in [0, 0.1) is 0 Å². The third kappa shape index (κ3) is 6.45. The summed E-state index contributed by atoms with van der Waals surface area (Å²) in [6, 6.07) is 7.25. The van der Waals surface area contributed by atoms with Crippen LogP contribution < -0.4 is 11.1 Å². The second kappa shape index (κ2) is 11.8. The van der Waals surface area contributed by atoms with E-state index >= 15 is 0 Å². The van der Waals surface area contributed by atoms with Gasteiger partial charge in [-0.25, -0.2) is 9.78 Å². The van der Waals surface area contributed by atoms with Crippen molar-refractivity contribution in [3.8, 4) is 11.6 Å². The number of nitrogens with two attached hydrogens (primary N) is 1. The smallest absolute Gasteiger partial charge is 0.426 e. The molecule has 2 atom stereocenters. The Kier molecular flexibility index (Phi) is 8.56. The van der Waals surface area contributed by atoms with Crippen molar-refractivity contribution in [1.82, 2.24) is 15.2 Å². The van der Waals surface area contributed by atoms with Crippen molar-refractivity contribution in [1.29, 1.82) is 0 Å². The van der Waals surface area contributed by atoms with Crippen molar-refractivity contribution < 1.29 is 45.0 Å². The predicted molar refractivity (Wildman–Crippen MR) is 133 cm³/mol. The number of halogens is 6. The van der Waals surface area contributed by atoms with Crippen molar-refractivity contribution in [2.24, 2.45) is 0 Å². The number of hydrogen-bond acceptors (Lipinski definition) is 9. The minimum atomic E-state index is -5.06. The maximum Gasteiger partial charge on any atom is 0.426 e. The van der Waals surface area contributed by atoms with Gasteiger partial charge < -0.3 is 24.9 Å². The normalized spacial score (nSPS) is 20.5. The van der Waals surface area contributed by atoms with E-state index in [9.17, 15) is 31.1 Å². The fourth-order valence-electron chi connectivity index (χ4n) is 4.13. The minimum absolute atomic E-state index is 0.0646. The minimum Gasteiger partial charge on any atom is -0.464 e. The van der Waals surface area contributed by atoms with Crippen molar-refractivity contribution >= 4 is 17.5 Å². The van der Waals surface area contributed by atoms with Crippen LogP contribution in [0.4, 0.5) is 37.8 Å². The molecule has 0 spiro atoms. The fraction of sp³-hybridized carbons (Fsp3) is 0.385. The SMILES string of the molecule is CCOC(=O)C1C/C=C\CCC(OCc2ccccc2)(C(F)(F)F)c2nnc(o2)-c2nc(c(C(F)(F)F)cc2N)N1. The van der Waals surface area contributed by atoms with E-state index in [1.165, 1.54) is 19.1 Å².